The molecule has 1 saturated heterocycles. The van der Waals surface area contributed by atoms with Crippen LogP contribution in [0.3, 0.4) is 0 Å². The van der Waals surface area contributed by atoms with Crippen molar-refractivity contribution in [2.24, 2.45) is 17.3 Å². The van der Waals surface area contributed by atoms with Gasteiger partial charge in [-0.25, -0.2) is 0 Å². The first-order valence-electron chi connectivity index (χ1n) is 8.60. The molecule has 7 heteroatoms. The molecule has 0 radical (unpaired) electrons. The summed E-state index contributed by atoms with van der Waals surface area (Å²) in [7, 11) is 0. The van der Waals surface area contributed by atoms with Gasteiger partial charge in [-0.3, -0.25) is 0 Å². The van der Waals surface area contributed by atoms with Crippen LogP contribution in [0.1, 0.15) is 25.7 Å². The van der Waals surface area contributed by atoms with E-state index in [-0.39, 0.29) is 0 Å². The van der Waals surface area contributed by atoms with E-state index in [1.54, 1.807) is 0 Å². The Morgan fingerprint density at radius 1 is 0.880 bits per heavy atom. The fourth-order valence-electron chi connectivity index (χ4n) is 4.33. The predicted octanol–water partition coefficient (Wildman–Crippen LogP) is 2.20. The summed E-state index contributed by atoms with van der Waals surface area (Å²) in [6.45, 7) is 0.401. The number of imide groups is 1. The number of nitrogens with zero attached hydrogens (tertiary/aromatic N) is 1. The molecule has 0 atom stereocenters. The van der Waals surface area contributed by atoms with Crippen LogP contribution in [-0.4, -0.2) is 62.9 Å². The van der Waals surface area contributed by atoms with E-state index >= 15 is 0 Å². The van der Waals surface area contributed by atoms with E-state index in [9.17, 15) is 19.2 Å². The number of halogens is 2. The number of Topliss-reactive ketones (excluding diaryl/α,β-unsaturated/α-hetero) is 2. The zero-order valence-electron chi connectivity index (χ0n) is 15.3. The van der Waals surface area contributed by atoms with E-state index in [0.717, 1.165) is 18.8 Å². The van der Waals surface area contributed by atoms with Gasteiger partial charge in [-0.1, -0.05) is 0 Å². The van der Waals surface area contributed by atoms with Crippen molar-refractivity contribution in [1.82, 2.24) is 4.90 Å². The third-order valence-electron chi connectivity index (χ3n) is 5.70. The Morgan fingerprint density at radius 2 is 1.36 bits per heavy atom. The first-order valence-corrected chi connectivity index (χ1v) is 20.0. The molecule has 2 aliphatic carbocycles. The zero-order chi connectivity index (χ0) is 18.5. The summed E-state index contributed by atoms with van der Waals surface area (Å²) in [6, 6.07) is 0. The van der Waals surface area contributed by atoms with Crippen LogP contribution < -0.4 is 0 Å². The summed E-state index contributed by atoms with van der Waals surface area (Å²) in [5.41, 5.74) is -1.90. The molecule has 5 nitrogen and oxygen atoms in total. The number of β-lactam (4-membered cyclic amide) rings is 2. The molecule has 0 aromatic carbocycles. The molecule has 1 spiro atoms. The molecule has 0 bridgehead atoms. The zero-order valence-corrected chi connectivity index (χ0v) is 19.6. The third-order valence-corrected chi connectivity index (χ3v) is 12.3. The van der Waals surface area contributed by atoms with Gasteiger partial charge in [0.25, 0.3) is 0 Å². The van der Waals surface area contributed by atoms with E-state index in [4.69, 9.17) is 0 Å². The Hall–Kier alpha value is -0.0600. The predicted molar refractivity (Wildman–Crippen MR) is 115 cm³/mol. The molecule has 1 aliphatic heterocycles. The van der Waals surface area contributed by atoms with Gasteiger partial charge in [-0.05, 0) is 0 Å². The van der Waals surface area contributed by atoms with Gasteiger partial charge in [-0.15, -0.1) is 0 Å². The number of carbonyl (C=O) groups is 4. The number of carbonyl (C=O) groups excluding carboxylic acids is 4. The summed E-state index contributed by atoms with van der Waals surface area (Å²) in [5, 5.41) is 0. The first-order chi connectivity index (χ1) is 11.7. The van der Waals surface area contributed by atoms with Crippen LogP contribution in [-0.2, 0) is 19.2 Å². The Balaban J connectivity index is 1.57. The average Bonchev–Trinajstić information content (AvgIpc) is 2.53. The van der Waals surface area contributed by atoms with Gasteiger partial charge in [0.15, 0.2) is 0 Å². The molecule has 0 unspecified atom stereocenters. The number of amides is 2. The van der Waals surface area contributed by atoms with Crippen molar-refractivity contribution in [3.05, 3.63) is 0 Å². The Bertz CT molecular complexity index is 589. The Kier molecular flexibility index (Phi) is 5.64. The van der Waals surface area contributed by atoms with Crippen molar-refractivity contribution in [2.75, 3.05) is 30.7 Å². The molecular formula is C18H27I2NO4. The van der Waals surface area contributed by atoms with Crippen LogP contribution in [0.4, 0.5) is 0 Å². The topological polar surface area (TPSA) is 71.5 Å². The molecule has 2 amide bonds. The van der Waals surface area contributed by atoms with Crippen molar-refractivity contribution in [3.63, 3.8) is 0 Å². The molecule has 0 N–H and O–H groups in total. The molecule has 2 saturated carbocycles. The third kappa shape index (κ3) is 3.00. The van der Waals surface area contributed by atoms with Crippen LogP contribution in [0, 0.1) is 17.3 Å². The summed E-state index contributed by atoms with van der Waals surface area (Å²) >= 11 is -2.38. The molecule has 0 aromatic rings. The van der Waals surface area contributed by atoms with Crippen molar-refractivity contribution in [3.8, 4) is 0 Å². The van der Waals surface area contributed by atoms with Crippen LogP contribution >= 0.6 is 39.6 Å². The Morgan fingerprint density at radius 3 is 1.80 bits per heavy atom. The van der Waals surface area contributed by atoms with Gasteiger partial charge in [0, 0.05) is 0 Å². The first kappa shape index (κ1) is 19.7. The summed E-state index contributed by atoms with van der Waals surface area (Å²) < 4.78 is 0.779. The number of alkyl halides is 6. The molecule has 3 rings (SSSR count). The van der Waals surface area contributed by atoms with E-state index in [1.165, 1.54) is 22.2 Å². The van der Waals surface area contributed by atoms with Crippen LogP contribution in [0.2, 0.25) is 0 Å². The standard InChI is InChI=1S/C18H27I2NO4/c1-19(2)9-11-5-7-12(8-6-11)10-21-16(24)18(17(21)25)14(22)13(15(18)23)20(3)4/h11-13H,5-10H2,1-4H3. The summed E-state index contributed by atoms with van der Waals surface area (Å²) in [6.07, 6.45) is 4.45. The van der Waals surface area contributed by atoms with E-state index in [1.807, 2.05) is 9.86 Å². The van der Waals surface area contributed by atoms with Crippen molar-refractivity contribution >= 4 is 63.0 Å². The Labute approximate surface area is 163 Å². The SMILES string of the molecule is CI(C)CC1CCC(CN2C(=O)C3(C(=O)C(I(C)C)C3=O)C2=O)CC1. The quantitative estimate of drug-likeness (QED) is 0.218. The van der Waals surface area contributed by atoms with Gasteiger partial charge in [0.05, 0.1) is 0 Å². The van der Waals surface area contributed by atoms with Gasteiger partial charge < -0.3 is 0 Å². The van der Waals surface area contributed by atoms with Crippen molar-refractivity contribution < 1.29 is 19.2 Å². The van der Waals surface area contributed by atoms with Gasteiger partial charge in [-0.2, -0.15) is 0 Å². The molecule has 3 fully saturated rings. The molecule has 3 aliphatic rings. The van der Waals surface area contributed by atoms with Crippen LogP contribution in [0.15, 0.2) is 0 Å². The second-order valence-electron chi connectivity index (χ2n) is 7.83. The monoisotopic (exact) mass is 575 g/mol. The normalized spacial score (nSPS) is 30.3. The number of ketones is 2. The fraction of sp³-hybridized carbons (Fsp3) is 0.778. The van der Waals surface area contributed by atoms with Crippen molar-refractivity contribution in [2.45, 2.75) is 29.6 Å². The average molecular weight is 575 g/mol. The van der Waals surface area contributed by atoms with E-state index in [0.29, 0.717) is 12.5 Å². The van der Waals surface area contributed by atoms with Crippen LogP contribution in [0.5, 0.6) is 0 Å². The van der Waals surface area contributed by atoms with Gasteiger partial charge in [0.2, 0.25) is 0 Å². The maximum atomic E-state index is 12.5. The molecule has 25 heavy (non-hydrogen) atoms. The molecular weight excluding hydrogens is 548 g/mol. The second-order valence-corrected chi connectivity index (χ2v) is 19.8. The number of likely N-dealkylation sites (tertiary alicyclic amines) is 1. The summed E-state index contributed by atoms with van der Waals surface area (Å²) in [5.74, 6) is -0.703. The van der Waals surface area contributed by atoms with Crippen molar-refractivity contribution in [1.29, 1.82) is 0 Å². The fourth-order valence-corrected chi connectivity index (χ4v) is 10.9. The summed E-state index contributed by atoms with van der Waals surface area (Å²) in [4.78, 5) is 59.7. The molecule has 0 aromatic heterocycles. The number of rotatable bonds is 5. The maximum absolute atomic E-state index is 12.5. The molecule has 142 valence electrons. The number of hydrogen-bond donors (Lipinski definition) is 0. The second kappa shape index (κ2) is 7.16. The number of hydrogen-bond acceptors (Lipinski definition) is 4. The minimum absolute atomic E-state index is 0.333. The minimum atomic E-state index is -1.90. The van der Waals surface area contributed by atoms with Crippen LogP contribution in [0.25, 0.3) is 0 Å². The van der Waals surface area contributed by atoms with Gasteiger partial charge in [0.1, 0.15) is 0 Å². The van der Waals surface area contributed by atoms with E-state index in [2.05, 4.69) is 9.86 Å². The molecule has 1 heterocycles. The van der Waals surface area contributed by atoms with E-state index < -0.39 is 72.4 Å². The van der Waals surface area contributed by atoms with Gasteiger partial charge >= 0.3 is 165 Å².